The zero-order valence-corrected chi connectivity index (χ0v) is 10.5. The SMILES string of the molecule is NNC(CCC(F)(F)F)c1cccc2c1OCCC2. The van der Waals surface area contributed by atoms with Crippen LogP contribution in [0.5, 0.6) is 5.75 Å². The molecule has 3 nitrogen and oxygen atoms in total. The van der Waals surface area contributed by atoms with E-state index in [9.17, 15) is 13.2 Å². The molecule has 1 atom stereocenters. The molecule has 1 aromatic carbocycles. The minimum absolute atomic E-state index is 0.0974. The predicted octanol–water partition coefficient (Wildman–Crippen LogP) is 2.86. The highest BCUT2D eigenvalue weighted by molar-refractivity contribution is 5.44. The normalized spacial score (nSPS) is 16.6. The van der Waals surface area contributed by atoms with E-state index < -0.39 is 18.6 Å². The third-order valence-electron chi connectivity index (χ3n) is 3.26. The van der Waals surface area contributed by atoms with Gasteiger partial charge in [0.2, 0.25) is 0 Å². The highest BCUT2D eigenvalue weighted by atomic mass is 19.4. The summed E-state index contributed by atoms with van der Waals surface area (Å²) < 4.78 is 42.5. The lowest BCUT2D eigenvalue weighted by molar-refractivity contribution is -0.136. The number of alkyl halides is 3. The molecule has 0 bridgehead atoms. The van der Waals surface area contributed by atoms with E-state index in [0.29, 0.717) is 17.9 Å². The van der Waals surface area contributed by atoms with Crippen molar-refractivity contribution >= 4 is 0 Å². The van der Waals surface area contributed by atoms with Crippen LogP contribution in [0.3, 0.4) is 0 Å². The Morgan fingerprint density at radius 3 is 2.84 bits per heavy atom. The fourth-order valence-corrected chi connectivity index (χ4v) is 2.33. The van der Waals surface area contributed by atoms with E-state index in [0.717, 1.165) is 18.4 Å². The van der Waals surface area contributed by atoms with E-state index in [1.807, 2.05) is 12.1 Å². The van der Waals surface area contributed by atoms with Gasteiger partial charge in [-0.25, -0.2) is 0 Å². The monoisotopic (exact) mass is 274 g/mol. The van der Waals surface area contributed by atoms with Crippen LogP contribution in [0.1, 0.15) is 36.4 Å². The molecule has 106 valence electrons. The summed E-state index contributed by atoms with van der Waals surface area (Å²) in [5, 5.41) is 0. The molecule has 0 radical (unpaired) electrons. The Morgan fingerprint density at radius 2 is 2.16 bits per heavy atom. The summed E-state index contributed by atoms with van der Waals surface area (Å²) in [4.78, 5) is 0. The first-order chi connectivity index (χ1) is 9.01. The molecule has 0 aromatic heterocycles. The van der Waals surface area contributed by atoms with Crippen molar-refractivity contribution in [3.05, 3.63) is 29.3 Å². The molecule has 1 unspecified atom stereocenters. The highest BCUT2D eigenvalue weighted by Gasteiger charge is 2.29. The summed E-state index contributed by atoms with van der Waals surface area (Å²) >= 11 is 0. The van der Waals surface area contributed by atoms with Crippen LogP contribution in [0.2, 0.25) is 0 Å². The van der Waals surface area contributed by atoms with Crippen LogP contribution in [0.25, 0.3) is 0 Å². The number of halogens is 3. The standard InChI is InChI=1S/C13H17F3N2O/c14-13(15,16)7-6-11(18-17)10-5-1-3-9-4-2-8-19-12(9)10/h1,3,5,11,18H,2,4,6-8,17H2. The molecule has 19 heavy (non-hydrogen) atoms. The molecule has 1 aliphatic rings. The number of hydrogen-bond donors (Lipinski definition) is 2. The summed E-state index contributed by atoms with van der Waals surface area (Å²) in [7, 11) is 0. The number of nitrogens with two attached hydrogens (primary N) is 1. The van der Waals surface area contributed by atoms with Crippen LogP contribution in [0, 0.1) is 0 Å². The number of nitrogens with one attached hydrogen (secondary N) is 1. The molecule has 0 saturated heterocycles. The van der Waals surface area contributed by atoms with Crippen molar-refractivity contribution in [2.45, 2.75) is 37.9 Å². The van der Waals surface area contributed by atoms with E-state index in [-0.39, 0.29) is 6.42 Å². The van der Waals surface area contributed by atoms with Crippen molar-refractivity contribution in [1.29, 1.82) is 0 Å². The number of hydrazine groups is 1. The highest BCUT2D eigenvalue weighted by Crippen LogP contribution is 2.35. The average molecular weight is 274 g/mol. The molecule has 2 rings (SSSR count). The van der Waals surface area contributed by atoms with Gasteiger partial charge >= 0.3 is 6.18 Å². The van der Waals surface area contributed by atoms with Gasteiger partial charge in [0.15, 0.2) is 0 Å². The van der Waals surface area contributed by atoms with Crippen LogP contribution < -0.4 is 16.0 Å². The molecule has 0 fully saturated rings. The van der Waals surface area contributed by atoms with Crippen LogP contribution in [0.4, 0.5) is 13.2 Å². The van der Waals surface area contributed by atoms with Crippen molar-refractivity contribution in [3.63, 3.8) is 0 Å². The average Bonchev–Trinajstić information content (AvgIpc) is 2.38. The van der Waals surface area contributed by atoms with Gasteiger partial charge in [0.1, 0.15) is 5.75 Å². The van der Waals surface area contributed by atoms with Crippen LogP contribution in [0.15, 0.2) is 18.2 Å². The minimum atomic E-state index is -4.18. The van der Waals surface area contributed by atoms with Crippen LogP contribution in [-0.4, -0.2) is 12.8 Å². The zero-order valence-electron chi connectivity index (χ0n) is 10.5. The minimum Gasteiger partial charge on any atom is -0.493 e. The molecule has 1 heterocycles. The summed E-state index contributed by atoms with van der Waals surface area (Å²) in [5.74, 6) is 6.09. The first kappa shape index (κ1) is 14.1. The van der Waals surface area contributed by atoms with Gasteiger partial charge in [0, 0.05) is 18.0 Å². The number of para-hydroxylation sites is 1. The van der Waals surface area contributed by atoms with E-state index in [2.05, 4.69) is 5.43 Å². The lowest BCUT2D eigenvalue weighted by atomic mass is 9.96. The van der Waals surface area contributed by atoms with Gasteiger partial charge in [-0.1, -0.05) is 18.2 Å². The number of fused-ring (bicyclic) bond motifs is 1. The third-order valence-corrected chi connectivity index (χ3v) is 3.26. The maximum Gasteiger partial charge on any atom is 0.389 e. The van der Waals surface area contributed by atoms with Gasteiger partial charge < -0.3 is 4.74 Å². The van der Waals surface area contributed by atoms with Crippen molar-refractivity contribution in [1.82, 2.24) is 5.43 Å². The molecular formula is C13H17F3N2O. The maximum atomic E-state index is 12.3. The van der Waals surface area contributed by atoms with Gasteiger partial charge in [-0.2, -0.15) is 13.2 Å². The van der Waals surface area contributed by atoms with Crippen LogP contribution >= 0.6 is 0 Å². The van der Waals surface area contributed by atoms with Crippen molar-refractivity contribution in [2.24, 2.45) is 5.84 Å². The second-order valence-corrected chi connectivity index (χ2v) is 4.66. The predicted molar refractivity (Wildman–Crippen MR) is 65.6 cm³/mol. The van der Waals surface area contributed by atoms with Gasteiger partial charge in [0.25, 0.3) is 0 Å². The first-order valence-electron chi connectivity index (χ1n) is 6.29. The Hall–Kier alpha value is -1.27. The quantitative estimate of drug-likeness (QED) is 0.655. The molecule has 6 heteroatoms. The van der Waals surface area contributed by atoms with E-state index in [1.54, 1.807) is 6.07 Å². The molecule has 3 N–H and O–H groups in total. The molecule has 0 aliphatic carbocycles. The molecule has 0 spiro atoms. The lowest BCUT2D eigenvalue weighted by Gasteiger charge is -2.25. The number of benzene rings is 1. The molecule has 1 aliphatic heterocycles. The largest absolute Gasteiger partial charge is 0.493 e. The fraction of sp³-hybridized carbons (Fsp3) is 0.538. The number of aryl methyl sites for hydroxylation is 1. The first-order valence-corrected chi connectivity index (χ1v) is 6.29. The van der Waals surface area contributed by atoms with E-state index >= 15 is 0 Å². The Bertz CT molecular complexity index is 434. The third kappa shape index (κ3) is 3.61. The van der Waals surface area contributed by atoms with Crippen LogP contribution in [-0.2, 0) is 6.42 Å². The number of rotatable bonds is 4. The summed E-state index contributed by atoms with van der Waals surface area (Å²) in [6.07, 6.45) is -3.32. The zero-order chi connectivity index (χ0) is 13.9. The maximum absolute atomic E-state index is 12.3. The summed E-state index contributed by atoms with van der Waals surface area (Å²) in [6.45, 7) is 0.598. The van der Waals surface area contributed by atoms with E-state index in [1.165, 1.54) is 0 Å². The van der Waals surface area contributed by atoms with Crippen molar-refractivity contribution in [3.8, 4) is 5.75 Å². The van der Waals surface area contributed by atoms with Gasteiger partial charge in [-0.05, 0) is 24.8 Å². The molecule has 1 aromatic rings. The Balaban J connectivity index is 2.18. The van der Waals surface area contributed by atoms with E-state index in [4.69, 9.17) is 10.6 Å². The van der Waals surface area contributed by atoms with Crippen molar-refractivity contribution < 1.29 is 17.9 Å². The number of hydrogen-bond acceptors (Lipinski definition) is 3. The Labute approximate surface area is 109 Å². The molecular weight excluding hydrogens is 257 g/mol. The summed E-state index contributed by atoms with van der Waals surface area (Å²) in [5.41, 5.74) is 4.21. The second kappa shape index (κ2) is 5.79. The Kier molecular flexibility index (Phi) is 4.31. The van der Waals surface area contributed by atoms with Crippen molar-refractivity contribution in [2.75, 3.05) is 6.61 Å². The van der Waals surface area contributed by atoms with Gasteiger partial charge in [0.05, 0.1) is 6.61 Å². The molecule has 0 saturated carbocycles. The smallest absolute Gasteiger partial charge is 0.389 e. The van der Waals surface area contributed by atoms with Gasteiger partial charge in [-0.15, -0.1) is 0 Å². The molecule has 0 amide bonds. The number of ether oxygens (including phenoxy) is 1. The van der Waals surface area contributed by atoms with Gasteiger partial charge in [-0.3, -0.25) is 11.3 Å². The topological polar surface area (TPSA) is 47.3 Å². The second-order valence-electron chi connectivity index (χ2n) is 4.66. The Morgan fingerprint density at radius 1 is 1.37 bits per heavy atom. The lowest BCUT2D eigenvalue weighted by Crippen LogP contribution is -2.30. The summed E-state index contributed by atoms with van der Waals surface area (Å²) in [6, 6.07) is 5.00. The fourth-order valence-electron chi connectivity index (χ4n) is 2.33.